The smallest absolute Gasteiger partial charge is 0.319 e. The predicted molar refractivity (Wildman–Crippen MR) is 106 cm³/mol. The first-order chi connectivity index (χ1) is 12.7. The van der Waals surface area contributed by atoms with Gasteiger partial charge in [0.1, 0.15) is 0 Å². The van der Waals surface area contributed by atoms with Crippen LogP contribution in [0.3, 0.4) is 0 Å². The molecule has 0 unspecified atom stereocenters. The average Bonchev–Trinajstić information content (AvgIpc) is 3.43. The van der Waals surface area contributed by atoms with E-state index in [1.807, 2.05) is 25.1 Å². The van der Waals surface area contributed by atoms with Gasteiger partial charge in [0.15, 0.2) is 0 Å². The molecule has 0 spiro atoms. The van der Waals surface area contributed by atoms with Crippen molar-refractivity contribution >= 4 is 21.7 Å². The second-order valence-corrected chi connectivity index (χ2v) is 9.37. The number of anilines is 1. The van der Waals surface area contributed by atoms with Gasteiger partial charge in [-0.3, -0.25) is 0 Å². The Bertz CT molecular complexity index is 936. The van der Waals surface area contributed by atoms with E-state index in [0.717, 1.165) is 22.7 Å². The molecule has 0 heterocycles. The number of benzene rings is 2. The average molecular weight is 388 g/mol. The van der Waals surface area contributed by atoms with Crippen LogP contribution < -0.4 is 10.6 Å². The van der Waals surface area contributed by atoms with Crippen LogP contribution in [-0.2, 0) is 15.4 Å². The van der Waals surface area contributed by atoms with Crippen molar-refractivity contribution in [3.63, 3.8) is 0 Å². The van der Waals surface area contributed by atoms with Gasteiger partial charge in [0.25, 0.3) is 0 Å². The first-order valence-electron chi connectivity index (χ1n) is 8.88. The molecule has 1 aliphatic rings. The molecular weight excluding hydrogens is 362 g/mol. The Hall–Kier alpha value is -2.38. The highest BCUT2D eigenvalue weighted by atomic mass is 32.2. The highest BCUT2D eigenvalue weighted by molar-refractivity contribution is 7.89. The zero-order valence-electron chi connectivity index (χ0n) is 15.8. The van der Waals surface area contributed by atoms with E-state index >= 15 is 0 Å². The molecule has 2 N–H and O–H groups in total. The SMILES string of the molecule is Cc1ccc(S(=O)(=O)N(C)C)cc1NC(=O)NCC1(c2ccccc2)CC1. The fraction of sp³-hybridized carbons (Fsp3) is 0.350. The molecule has 7 heteroatoms. The van der Waals surface area contributed by atoms with Crippen LogP contribution in [0.15, 0.2) is 53.4 Å². The minimum atomic E-state index is -3.55. The molecule has 2 aromatic rings. The number of carbonyl (C=O) groups excluding carboxylic acids is 1. The lowest BCUT2D eigenvalue weighted by Gasteiger charge is -2.18. The van der Waals surface area contributed by atoms with E-state index in [4.69, 9.17) is 0 Å². The standard InChI is InChI=1S/C20H25N3O3S/c1-15-9-10-17(27(25,26)23(2)3)13-18(15)22-19(24)21-14-20(11-12-20)16-7-5-4-6-8-16/h4-10,13H,11-12,14H2,1-3H3,(H2,21,22,24). The Morgan fingerprint density at radius 1 is 1.11 bits per heavy atom. The number of aryl methyl sites for hydroxylation is 1. The first kappa shape index (κ1) is 19.4. The van der Waals surface area contributed by atoms with E-state index in [-0.39, 0.29) is 16.3 Å². The van der Waals surface area contributed by atoms with Crippen LogP contribution in [0.1, 0.15) is 24.0 Å². The van der Waals surface area contributed by atoms with Crippen molar-refractivity contribution in [2.24, 2.45) is 0 Å². The van der Waals surface area contributed by atoms with Gasteiger partial charge < -0.3 is 10.6 Å². The number of carbonyl (C=O) groups is 1. The quantitative estimate of drug-likeness (QED) is 0.799. The Kier molecular flexibility index (Phi) is 5.26. The molecule has 0 aromatic heterocycles. The Morgan fingerprint density at radius 3 is 2.37 bits per heavy atom. The van der Waals surface area contributed by atoms with Crippen LogP contribution in [0, 0.1) is 6.92 Å². The first-order valence-corrected chi connectivity index (χ1v) is 10.3. The van der Waals surface area contributed by atoms with Gasteiger partial charge >= 0.3 is 6.03 Å². The fourth-order valence-corrected chi connectivity index (χ4v) is 3.96. The van der Waals surface area contributed by atoms with Gasteiger partial charge in [0.2, 0.25) is 10.0 Å². The zero-order valence-corrected chi connectivity index (χ0v) is 16.6. The third-order valence-electron chi connectivity index (χ3n) is 5.06. The normalized spacial score (nSPS) is 15.4. The van der Waals surface area contributed by atoms with Gasteiger partial charge in [-0.15, -0.1) is 0 Å². The van der Waals surface area contributed by atoms with Crippen molar-refractivity contribution in [3.8, 4) is 0 Å². The molecule has 3 rings (SSSR count). The van der Waals surface area contributed by atoms with Crippen LogP contribution >= 0.6 is 0 Å². The minimum absolute atomic E-state index is 0.0176. The van der Waals surface area contributed by atoms with Gasteiger partial charge in [-0.2, -0.15) is 0 Å². The predicted octanol–water partition coefficient (Wildman–Crippen LogP) is 3.10. The molecule has 1 saturated carbocycles. The molecule has 0 radical (unpaired) electrons. The Labute approximate surface area is 160 Å². The van der Waals surface area contributed by atoms with Crippen molar-refractivity contribution < 1.29 is 13.2 Å². The third kappa shape index (κ3) is 4.14. The molecule has 1 fully saturated rings. The number of nitrogens with zero attached hydrogens (tertiary/aromatic N) is 1. The van der Waals surface area contributed by atoms with E-state index in [0.29, 0.717) is 12.2 Å². The highest BCUT2D eigenvalue weighted by Crippen LogP contribution is 2.47. The second-order valence-electron chi connectivity index (χ2n) is 7.22. The topological polar surface area (TPSA) is 78.5 Å². The summed E-state index contributed by atoms with van der Waals surface area (Å²) in [5, 5.41) is 5.71. The molecule has 2 aromatic carbocycles. The molecule has 27 heavy (non-hydrogen) atoms. The zero-order chi connectivity index (χ0) is 19.7. The van der Waals surface area contributed by atoms with Gasteiger partial charge in [-0.05, 0) is 43.0 Å². The van der Waals surface area contributed by atoms with Crippen LogP contribution in [0.5, 0.6) is 0 Å². The van der Waals surface area contributed by atoms with Crippen molar-refractivity contribution in [2.45, 2.75) is 30.1 Å². The summed E-state index contributed by atoms with van der Waals surface area (Å²) in [6, 6.07) is 14.6. The van der Waals surface area contributed by atoms with E-state index in [9.17, 15) is 13.2 Å². The van der Waals surface area contributed by atoms with Gasteiger partial charge in [0, 0.05) is 31.7 Å². The number of urea groups is 1. The van der Waals surface area contributed by atoms with Gasteiger partial charge in [-0.25, -0.2) is 17.5 Å². The van der Waals surface area contributed by atoms with Crippen LogP contribution in [0.25, 0.3) is 0 Å². The minimum Gasteiger partial charge on any atom is -0.337 e. The number of hydrogen-bond donors (Lipinski definition) is 2. The maximum Gasteiger partial charge on any atom is 0.319 e. The van der Waals surface area contributed by atoms with E-state index in [1.165, 1.54) is 25.7 Å². The van der Waals surface area contributed by atoms with Crippen molar-refractivity contribution in [1.29, 1.82) is 0 Å². The number of rotatable bonds is 6. The Balaban J connectivity index is 1.68. The lowest BCUT2D eigenvalue weighted by Crippen LogP contribution is -2.35. The number of sulfonamides is 1. The molecule has 0 bridgehead atoms. The lowest BCUT2D eigenvalue weighted by atomic mass is 9.96. The van der Waals surface area contributed by atoms with Gasteiger partial charge in [0.05, 0.1) is 4.90 Å². The molecular formula is C20H25N3O3S. The second kappa shape index (κ2) is 7.32. The van der Waals surface area contributed by atoms with Crippen LogP contribution in [0.2, 0.25) is 0 Å². The van der Waals surface area contributed by atoms with E-state index in [1.54, 1.807) is 12.1 Å². The third-order valence-corrected chi connectivity index (χ3v) is 6.87. The molecule has 6 nitrogen and oxygen atoms in total. The summed E-state index contributed by atoms with van der Waals surface area (Å²) in [5.41, 5.74) is 2.54. The van der Waals surface area contributed by atoms with Crippen molar-refractivity contribution in [1.82, 2.24) is 9.62 Å². The molecule has 144 valence electrons. The summed E-state index contributed by atoms with van der Waals surface area (Å²) in [6.45, 7) is 2.38. The fourth-order valence-electron chi connectivity index (χ4n) is 3.03. The van der Waals surface area contributed by atoms with Gasteiger partial charge in [-0.1, -0.05) is 36.4 Å². The van der Waals surface area contributed by atoms with E-state index < -0.39 is 10.0 Å². The molecule has 0 aliphatic heterocycles. The summed E-state index contributed by atoms with van der Waals surface area (Å²) >= 11 is 0. The van der Waals surface area contributed by atoms with Crippen molar-refractivity contribution in [3.05, 3.63) is 59.7 Å². The lowest BCUT2D eigenvalue weighted by molar-refractivity contribution is 0.251. The largest absolute Gasteiger partial charge is 0.337 e. The molecule has 2 amide bonds. The van der Waals surface area contributed by atoms with E-state index in [2.05, 4.69) is 22.8 Å². The molecule has 0 atom stereocenters. The van der Waals surface area contributed by atoms with Crippen molar-refractivity contribution in [2.75, 3.05) is 26.0 Å². The number of amides is 2. The molecule has 0 saturated heterocycles. The summed E-state index contributed by atoms with van der Waals surface area (Å²) in [7, 11) is -0.592. The van der Waals surface area contributed by atoms with Crippen LogP contribution in [0.4, 0.5) is 10.5 Å². The molecule has 1 aliphatic carbocycles. The number of nitrogens with one attached hydrogen (secondary N) is 2. The maximum absolute atomic E-state index is 12.4. The summed E-state index contributed by atoms with van der Waals surface area (Å²) in [5.74, 6) is 0. The summed E-state index contributed by atoms with van der Waals surface area (Å²) < 4.78 is 25.8. The van der Waals surface area contributed by atoms with Crippen LogP contribution in [-0.4, -0.2) is 39.4 Å². The Morgan fingerprint density at radius 2 is 1.78 bits per heavy atom. The summed E-state index contributed by atoms with van der Waals surface area (Å²) in [4.78, 5) is 12.5. The highest BCUT2D eigenvalue weighted by Gasteiger charge is 2.44. The number of hydrogen-bond acceptors (Lipinski definition) is 3. The summed E-state index contributed by atoms with van der Waals surface area (Å²) in [6.07, 6.45) is 2.10. The maximum atomic E-state index is 12.4. The monoisotopic (exact) mass is 387 g/mol.